The average Bonchev–Trinajstić information content (AvgIpc) is 3.03. The third-order valence-corrected chi connectivity index (χ3v) is 3.83. The van der Waals surface area contributed by atoms with Crippen LogP contribution in [0.4, 0.5) is 0 Å². The Balaban J connectivity index is 1.64. The van der Waals surface area contributed by atoms with Crippen LogP contribution in [0, 0.1) is 0 Å². The summed E-state index contributed by atoms with van der Waals surface area (Å²) in [6, 6.07) is 8.15. The second kappa shape index (κ2) is 8.67. The van der Waals surface area contributed by atoms with Crippen LogP contribution in [0.1, 0.15) is 44.6 Å². The minimum absolute atomic E-state index is 0.451. The maximum absolute atomic E-state index is 8.62. The molecule has 21 heavy (non-hydrogen) atoms. The van der Waals surface area contributed by atoms with E-state index < -0.39 is 0 Å². The second-order valence-electron chi connectivity index (χ2n) is 5.60. The maximum Gasteiger partial charge on any atom is 0.119 e. The van der Waals surface area contributed by atoms with Crippen LogP contribution < -0.4 is 4.74 Å². The van der Waals surface area contributed by atoms with Gasteiger partial charge in [-0.05, 0) is 63.1 Å². The van der Waals surface area contributed by atoms with E-state index in [1.54, 1.807) is 0 Å². The highest BCUT2D eigenvalue weighted by Gasteiger charge is 2.14. The van der Waals surface area contributed by atoms with E-state index >= 15 is 0 Å². The van der Waals surface area contributed by atoms with E-state index in [2.05, 4.69) is 17.3 Å². The van der Waals surface area contributed by atoms with Gasteiger partial charge in [0.05, 0.1) is 18.4 Å². The third kappa shape index (κ3) is 5.76. The maximum atomic E-state index is 8.62. The van der Waals surface area contributed by atoms with Gasteiger partial charge < -0.3 is 14.7 Å². The van der Waals surface area contributed by atoms with E-state index in [4.69, 9.17) is 14.7 Å². The Morgan fingerprint density at radius 3 is 2.86 bits per heavy atom. The molecule has 4 heteroatoms. The molecular weight excluding hydrogens is 266 g/mol. The SMILES string of the molecule is CC(CCc1ccc(OCCCC2CCCO2)cc1)=NO. The van der Waals surface area contributed by atoms with E-state index in [-0.39, 0.29) is 0 Å². The minimum atomic E-state index is 0.451. The molecule has 0 aromatic heterocycles. The van der Waals surface area contributed by atoms with Crippen molar-refractivity contribution in [2.75, 3.05) is 13.2 Å². The van der Waals surface area contributed by atoms with Gasteiger partial charge in [0.25, 0.3) is 0 Å². The van der Waals surface area contributed by atoms with E-state index in [0.717, 1.165) is 50.4 Å². The van der Waals surface area contributed by atoms with Crippen molar-refractivity contribution in [1.29, 1.82) is 0 Å². The zero-order valence-electron chi connectivity index (χ0n) is 12.8. The average molecular weight is 291 g/mol. The number of nitrogens with zero attached hydrogens (tertiary/aromatic N) is 1. The summed E-state index contributed by atoms with van der Waals surface area (Å²) >= 11 is 0. The number of rotatable bonds is 8. The number of hydrogen-bond acceptors (Lipinski definition) is 4. The van der Waals surface area contributed by atoms with Gasteiger partial charge in [-0.25, -0.2) is 0 Å². The van der Waals surface area contributed by atoms with Gasteiger partial charge in [0.2, 0.25) is 0 Å². The molecule has 0 bridgehead atoms. The summed E-state index contributed by atoms with van der Waals surface area (Å²) in [5.74, 6) is 0.915. The number of aryl methyl sites for hydroxylation is 1. The first-order chi connectivity index (χ1) is 10.3. The first-order valence-corrected chi connectivity index (χ1v) is 7.79. The molecular formula is C17H25NO3. The van der Waals surface area contributed by atoms with Crippen LogP contribution in [0.3, 0.4) is 0 Å². The Morgan fingerprint density at radius 1 is 1.38 bits per heavy atom. The predicted octanol–water partition coefficient (Wildman–Crippen LogP) is 3.81. The highest BCUT2D eigenvalue weighted by molar-refractivity contribution is 5.81. The van der Waals surface area contributed by atoms with Crippen molar-refractivity contribution in [1.82, 2.24) is 0 Å². The van der Waals surface area contributed by atoms with Crippen LogP contribution in [0.15, 0.2) is 29.4 Å². The Kier molecular flexibility index (Phi) is 6.54. The van der Waals surface area contributed by atoms with Crippen molar-refractivity contribution in [2.45, 2.75) is 51.6 Å². The smallest absolute Gasteiger partial charge is 0.119 e. The van der Waals surface area contributed by atoms with Crippen molar-refractivity contribution in [2.24, 2.45) is 5.16 Å². The summed E-state index contributed by atoms with van der Waals surface area (Å²) in [7, 11) is 0. The monoisotopic (exact) mass is 291 g/mol. The van der Waals surface area contributed by atoms with Crippen LogP contribution in [0.5, 0.6) is 5.75 Å². The summed E-state index contributed by atoms with van der Waals surface area (Å²) in [5.41, 5.74) is 1.98. The quantitative estimate of drug-likeness (QED) is 0.343. The minimum Gasteiger partial charge on any atom is -0.494 e. The third-order valence-electron chi connectivity index (χ3n) is 3.83. The zero-order chi connectivity index (χ0) is 14.9. The summed E-state index contributed by atoms with van der Waals surface area (Å²) in [4.78, 5) is 0. The first kappa shape index (κ1) is 15.8. The van der Waals surface area contributed by atoms with Gasteiger partial charge in [-0.2, -0.15) is 0 Å². The molecule has 0 amide bonds. The highest BCUT2D eigenvalue weighted by Crippen LogP contribution is 2.18. The Morgan fingerprint density at radius 2 is 2.19 bits per heavy atom. The van der Waals surface area contributed by atoms with Crippen LogP contribution in [0.2, 0.25) is 0 Å². The number of ether oxygens (including phenoxy) is 2. The molecule has 2 rings (SSSR count). The molecule has 1 aromatic carbocycles. The molecule has 1 saturated heterocycles. The lowest BCUT2D eigenvalue weighted by Crippen LogP contribution is -2.07. The lowest BCUT2D eigenvalue weighted by molar-refractivity contribution is 0.0981. The predicted molar refractivity (Wildman–Crippen MR) is 83.4 cm³/mol. The van der Waals surface area contributed by atoms with E-state index in [1.165, 1.54) is 18.4 Å². The Bertz CT molecular complexity index is 436. The molecule has 1 N–H and O–H groups in total. The van der Waals surface area contributed by atoms with Gasteiger partial charge >= 0.3 is 0 Å². The molecule has 1 fully saturated rings. The van der Waals surface area contributed by atoms with Crippen molar-refractivity contribution >= 4 is 5.71 Å². The molecule has 1 aromatic rings. The van der Waals surface area contributed by atoms with E-state index in [1.807, 2.05) is 19.1 Å². The second-order valence-corrected chi connectivity index (χ2v) is 5.60. The number of hydrogen-bond donors (Lipinski definition) is 1. The van der Waals surface area contributed by atoms with Crippen molar-refractivity contribution < 1.29 is 14.7 Å². The van der Waals surface area contributed by atoms with Crippen LogP contribution in [-0.2, 0) is 11.2 Å². The van der Waals surface area contributed by atoms with Gasteiger partial charge in [0.15, 0.2) is 0 Å². The molecule has 4 nitrogen and oxygen atoms in total. The molecule has 116 valence electrons. The van der Waals surface area contributed by atoms with Gasteiger partial charge in [-0.3, -0.25) is 0 Å². The fourth-order valence-corrected chi connectivity index (χ4v) is 2.50. The zero-order valence-corrected chi connectivity index (χ0v) is 12.8. The molecule has 0 aliphatic carbocycles. The largest absolute Gasteiger partial charge is 0.494 e. The summed E-state index contributed by atoms with van der Waals surface area (Å²) in [5, 5.41) is 11.8. The normalized spacial score (nSPS) is 18.9. The van der Waals surface area contributed by atoms with E-state index in [9.17, 15) is 0 Å². The summed E-state index contributed by atoms with van der Waals surface area (Å²) in [6.07, 6.45) is 6.65. The molecule has 1 atom stereocenters. The van der Waals surface area contributed by atoms with Crippen molar-refractivity contribution in [3.8, 4) is 5.75 Å². The molecule has 1 unspecified atom stereocenters. The number of benzene rings is 1. The fourth-order valence-electron chi connectivity index (χ4n) is 2.50. The molecule has 1 aliphatic heterocycles. The number of oxime groups is 1. The van der Waals surface area contributed by atoms with Gasteiger partial charge in [0, 0.05) is 6.61 Å². The lowest BCUT2D eigenvalue weighted by atomic mass is 10.1. The van der Waals surface area contributed by atoms with Crippen LogP contribution in [-0.4, -0.2) is 30.2 Å². The van der Waals surface area contributed by atoms with Crippen molar-refractivity contribution in [3.05, 3.63) is 29.8 Å². The molecule has 1 aliphatic rings. The first-order valence-electron chi connectivity index (χ1n) is 7.79. The molecule has 1 heterocycles. The van der Waals surface area contributed by atoms with Crippen molar-refractivity contribution in [3.63, 3.8) is 0 Å². The topological polar surface area (TPSA) is 51.0 Å². The standard InChI is InChI=1S/C17H25NO3/c1-14(18-19)6-7-15-8-10-17(11-9-15)21-13-3-5-16-4-2-12-20-16/h8-11,16,19H,2-7,12-13H2,1H3. The highest BCUT2D eigenvalue weighted by atomic mass is 16.5. The Labute approximate surface area is 126 Å². The van der Waals surface area contributed by atoms with E-state index in [0.29, 0.717) is 6.10 Å². The summed E-state index contributed by atoms with van der Waals surface area (Å²) in [6.45, 7) is 3.49. The van der Waals surface area contributed by atoms with Crippen LogP contribution >= 0.6 is 0 Å². The molecule has 0 spiro atoms. The van der Waals surface area contributed by atoms with Gasteiger partial charge in [-0.15, -0.1) is 0 Å². The van der Waals surface area contributed by atoms with Gasteiger partial charge in [-0.1, -0.05) is 17.3 Å². The van der Waals surface area contributed by atoms with Crippen LogP contribution in [0.25, 0.3) is 0 Å². The molecule has 0 saturated carbocycles. The Hall–Kier alpha value is -1.55. The van der Waals surface area contributed by atoms with Gasteiger partial charge in [0.1, 0.15) is 5.75 Å². The summed E-state index contributed by atoms with van der Waals surface area (Å²) < 4.78 is 11.3. The molecule has 0 radical (unpaired) electrons. The fraction of sp³-hybridized carbons (Fsp3) is 0.588. The lowest BCUT2D eigenvalue weighted by Gasteiger charge is -2.10.